The number of nitrogens with one attached hydrogen (secondary N) is 2. The Kier molecular flexibility index (Phi) is 6.05. The van der Waals surface area contributed by atoms with E-state index in [-0.39, 0.29) is 30.4 Å². The number of carbonyl (C=O) groups is 1. The van der Waals surface area contributed by atoms with Gasteiger partial charge in [-0.2, -0.15) is 0 Å². The van der Waals surface area contributed by atoms with Crippen molar-refractivity contribution in [2.75, 3.05) is 17.2 Å². The molecule has 0 saturated heterocycles. The van der Waals surface area contributed by atoms with Gasteiger partial charge < -0.3 is 20.9 Å². The maximum Gasteiger partial charge on any atom is 0.259 e. The molecule has 1 fully saturated rings. The summed E-state index contributed by atoms with van der Waals surface area (Å²) in [6, 6.07) is 2.35. The number of nitrogens with two attached hydrogens (primary N) is 1. The summed E-state index contributed by atoms with van der Waals surface area (Å²) in [4.78, 5) is 27.2. The Labute approximate surface area is 162 Å². The van der Waals surface area contributed by atoms with Gasteiger partial charge in [0, 0.05) is 36.8 Å². The number of amides is 1. The van der Waals surface area contributed by atoms with Gasteiger partial charge in [-0.1, -0.05) is 0 Å². The van der Waals surface area contributed by atoms with Gasteiger partial charge in [-0.25, -0.2) is 9.97 Å². The third-order valence-electron chi connectivity index (χ3n) is 4.74. The van der Waals surface area contributed by atoms with E-state index >= 15 is 0 Å². The monoisotopic (exact) mass is 394 g/mol. The number of aromatic nitrogens is 3. The van der Waals surface area contributed by atoms with Gasteiger partial charge in [0.15, 0.2) is 0 Å². The Balaban J connectivity index is 0.00000196. The van der Waals surface area contributed by atoms with Crippen LogP contribution < -0.4 is 16.0 Å². The molecule has 1 amide bonds. The zero-order valence-electron chi connectivity index (χ0n) is 14.4. The lowest BCUT2D eigenvalue weighted by Gasteiger charge is -2.29. The third-order valence-corrected chi connectivity index (χ3v) is 5.73. The van der Waals surface area contributed by atoms with Gasteiger partial charge in [0.25, 0.3) is 5.91 Å². The van der Waals surface area contributed by atoms with E-state index in [4.69, 9.17) is 5.73 Å². The molecule has 140 valence electrons. The van der Waals surface area contributed by atoms with Gasteiger partial charge in [-0.05, 0) is 31.7 Å². The fourth-order valence-electron chi connectivity index (χ4n) is 3.49. The average molecular weight is 395 g/mol. The molecule has 0 radical (unpaired) electrons. The van der Waals surface area contributed by atoms with Crippen molar-refractivity contribution in [3.05, 3.63) is 29.7 Å². The number of hydrogen-bond acceptors (Lipinski definition) is 6. The van der Waals surface area contributed by atoms with Crippen molar-refractivity contribution >= 4 is 46.9 Å². The van der Waals surface area contributed by atoms with Gasteiger partial charge in [0.05, 0.1) is 10.3 Å². The van der Waals surface area contributed by atoms with E-state index in [0.29, 0.717) is 0 Å². The van der Waals surface area contributed by atoms with E-state index in [9.17, 15) is 4.79 Å². The molecule has 0 spiro atoms. The summed E-state index contributed by atoms with van der Waals surface area (Å²) in [5.41, 5.74) is 6.83. The quantitative estimate of drug-likeness (QED) is 0.737. The molecule has 3 heterocycles. The highest BCUT2D eigenvalue weighted by Crippen LogP contribution is 2.29. The van der Waals surface area contributed by atoms with Crippen molar-refractivity contribution in [1.29, 1.82) is 0 Å². The van der Waals surface area contributed by atoms with Crippen molar-refractivity contribution < 1.29 is 4.79 Å². The van der Waals surface area contributed by atoms with Crippen LogP contribution in [0.3, 0.4) is 0 Å². The van der Waals surface area contributed by atoms with Crippen LogP contribution in [0.5, 0.6) is 0 Å². The Hall–Kier alpha value is -1.77. The lowest BCUT2D eigenvalue weighted by atomic mass is 9.91. The van der Waals surface area contributed by atoms with Crippen molar-refractivity contribution in [3.63, 3.8) is 0 Å². The van der Waals surface area contributed by atoms with Crippen LogP contribution in [0.4, 0.5) is 5.82 Å². The van der Waals surface area contributed by atoms with Gasteiger partial charge in [-0.3, -0.25) is 4.79 Å². The molecular weight excluding hydrogens is 372 g/mol. The largest absolute Gasteiger partial charge is 0.349 e. The van der Waals surface area contributed by atoms with E-state index in [1.807, 2.05) is 23.4 Å². The fraction of sp³-hybridized carbons (Fsp3) is 0.471. The second kappa shape index (κ2) is 8.28. The van der Waals surface area contributed by atoms with Gasteiger partial charge >= 0.3 is 0 Å². The summed E-state index contributed by atoms with van der Waals surface area (Å²) in [6.07, 6.45) is 9.31. The van der Waals surface area contributed by atoms with E-state index in [0.717, 1.165) is 59.7 Å². The number of aromatic amines is 1. The van der Waals surface area contributed by atoms with Gasteiger partial charge in [0.1, 0.15) is 17.8 Å². The number of halogens is 1. The minimum Gasteiger partial charge on any atom is -0.349 e. The van der Waals surface area contributed by atoms with E-state index in [1.165, 1.54) is 0 Å². The van der Waals surface area contributed by atoms with Crippen LogP contribution in [0.25, 0.3) is 11.0 Å². The van der Waals surface area contributed by atoms with Gasteiger partial charge in [-0.15, -0.1) is 24.2 Å². The lowest BCUT2D eigenvalue weighted by molar-refractivity contribution is -0.117. The molecular formula is C17H23ClN6OS. The predicted molar refractivity (Wildman–Crippen MR) is 107 cm³/mol. The number of thioether (sulfide) groups is 1. The Morgan fingerprint density at radius 2 is 2.27 bits per heavy atom. The van der Waals surface area contributed by atoms with Crippen molar-refractivity contribution in [3.8, 4) is 0 Å². The third kappa shape index (κ3) is 3.97. The highest BCUT2D eigenvalue weighted by Gasteiger charge is 2.25. The van der Waals surface area contributed by atoms with Gasteiger partial charge in [0.2, 0.25) is 0 Å². The summed E-state index contributed by atoms with van der Waals surface area (Å²) in [5, 5.41) is 4.11. The number of H-pyrrole nitrogens is 1. The summed E-state index contributed by atoms with van der Waals surface area (Å²) in [6.45, 7) is 0.813. The molecule has 0 aromatic carbocycles. The number of hydrogen-bond donors (Lipinski definition) is 3. The first-order valence-electron chi connectivity index (χ1n) is 8.66. The number of fused-ring (bicyclic) bond motifs is 1. The molecule has 0 bridgehead atoms. The molecule has 2 atom stereocenters. The van der Waals surface area contributed by atoms with Crippen LogP contribution in [0.2, 0.25) is 0 Å². The molecule has 26 heavy (non-hydrogen) atoms. The number of rotatable bonds is 3. The topological polar surface area (TPSA) is 99.9 Å². The highest BCUT2D eigenvalue weighted by atomic mass is 35.5. The summed E-state index contributed by atoms with van der Waals surface area (Å²) in [5.74, 6) is 1.67. The molecule has 2 aromatic rings. The van der Waals surface area contributed by atoms with E-state index in [1.54, 1.807) is 18.1 Å². The second-order valence-corrected chi connectivity index (χ2v) is 7.71. The van der Waals surface area contributed by atoms with Crippen LogP contribution in [-0.4, -0.2) is 45.2 Å². The molecule has 7 nitrogen and oxygen atoms in total. The standard InChI is InChI=1S/C17H22N6OS.ClH/c18-11-2-1-3-12(8-11)22-17(24)14-9-23(6-7-25-14)16-13-4-5-19-15(13)20-10-21-16;/h4-5,9-12H,1-3,6-8,18H2,(H,22,24)(H,19,20,21);1H/t11-,12-;/m0./s1. The Morgan fingerprint density at radius 3 is 3.12 bits per heavy atom. The normalized spacial score (nSPS) is 23.3. The fourth-order valence-corrected chi connectivity index (χ4v) is 4.39. The minimum absolute atomic E-state index is 0. The van der Waals surface area contributed by atoms with Crippen molar-refractivity contribution in [1.82, 2.24) is 20.3 Å². The highest BCUT2D eigenvalue weighted by molar-refractivity contribution is 8.04. The SMILES string of the molecule is Cl.N[C@H]1CCC[C@H](NC(=O)C2=CN(c3ncnc4[nH]ccc34)CCS2)C1. The zero-order valence-corrected chi connectivity index (χ0v) is 16.0. The molecule has 1 aliphatic heterocycles. The zero-order chi connectivity index (χ0) is 17.2. The first kappa shape index (κ1) is 19.0. The molecule has 2 aromatic heterocycles. The molecule has 9 heteroatoms. The second-order valence-electron chi connectivity index (χ2n) is 6.57. The molecule has 1 saturated carbocycles. The van der Waals surface area contributed by atoms with Crippen molar-refractivity contribution in [2.45, 2.75) is 37.8 Å². The Morgan fingerprint density at radius 1 is 1.38 bits per heavy atom. The predicted octanol–water partition coefficient (Wildman–Crippen LogP) is 2.16. The van der Waals surface area contributed by atoms with Crippen LogP contribution in [0.15, 0.2) is 29.7 Å². The van der Waals surface area contributed by atoms with Crippen LogP contribution >= 0.6 is 24.2 Å². The van der Waals surface area contributed by atoms with Crippen molar-refractivity contribution in [2.24, 2.45) is 5.73 Å². The summed E-state index contributed by atoms with van der Waals surface area (Å²) >= 11 is 1.59. The number of nitrogens with zero attached hydrogens (tertiary/aromatic N) is 3. The van der Waals surface area contributed by atoms with Crippen LogP contribution in [0.1, 0.15) is 25.7 Å². The van der Waals surface area contributed by atoms with E-state index < -0.39 is 0 Å². The number of anilines is 1. The minimum atomic E-state index is -0.00633. The first-order chi connectivity index (χ1) is 12.2. The smallest absolute Gasteiger partial charge is 0.259 e. The van der Waals surface area contributed by atoms with E-state index in [2.05, 4.69) is 20.3 Å². The maximum atomic E-state index is 12.7. The summed E-state index contributed by atoms with van der Waals surface area (Å²) in [7, 11) is 0. The molecule has 2 aliphatic rings. The average Bonchev–Trinajstić information content (AvgIpc) is 3.10. The summed E-state index contributed by atoms with van der Waals surface area (Å²) < 4.78 is 0. The molecule has 4 rings (SSSR count). The lowest BCUT2D eigenvalue weighted by Crippen LogP contribution is -2.43. The maximum absolute atomic E-state index is 12.7. The van der Waals surface area contributed by atoms with Crippen LogP contribution in [-0.2, 0) is 4.79 Å². The van der Waals surface area contributed by atoms with Crippen LogP contribution in [0, 0.1) is 0 Å². The number of carbonyl (C=O) groups excluding carboxylic acids is 1. The molecule has 1 aliphatic carbocycles. The molecule has 0 unspecified atom stereocenters. The first-order valence-corrected chi connectivity index (χ1v) is 9.65. The Bertz CT molecular complexity index is 809. The molecule has 4 N–H and O–H groups in total.